The van der Waals surface area contributed by atoms with Gasteiger partial charge in [-0.1, -0.05) is 153 Å². The quantitative estimate of drug-likeness (QED) is 0.192. The maximum Gasteiger partial charge on any atom is 0.0973 e. The van der Waals surface area contributed by atoms with E-state index in [9.17, 15) is 0 Å². The first-order valence-electron chi connectivity index (χ1n) is 17.3. The summed E-state index contributed by atoms with van der Waals surface area (Å²) in [5.74, 6) is 0. The predicted octanol–water partition coefficient (Wildman–Crippen LogP) is 11.6. The fourth-order valence-electron chi connectivity index (χ4n) is 8.32. The Hall–Kier alpha value is -6.32. The molecule has 0 amide bonds. The Bertz CT molecular complexity index is 2730. The molecule has 9 aromatic rings. The van der Waals surface area contributed by atoms with Gasteiger partial charge in [-0.15, -0.1) is 0 Å². The minimum Gasteiger partial charge on any atom is -0.313 e. The summed E-state index contributed by atoms with van der Waals surface area (Å²) in [4.78, 5) is 10.6. The molecule has 1 atom stereocenters. The van der Waals surface area contributed by atoms with Gasteiger partial charge in [0.1, 0.15) is 0 Å². The molecule has 0 N–H and O–H groups in total. The zero-order valence-corrected chi connectivity index (χ0v) is 27.7. The number of aromatic nitrogens is 3. The zero-order valence-electron chi connectivity index (χ0n) is 27.7. The largest absolute Gasteiger partial charge is 0.313 e. The highest BCUT2D eigenvalue weighted by atomic mass is 15.0. The summed E-state index contributed by atoms with van der Waals surface area (Å²) in [6.07, 6.45) is 0.859. The van der Waals surface area contributed by atoms with E-state index >= 15 is 0 Å². The van der Waals surface area contributed by atoms with Gasteiger partial charge in [-0.05, 0) is 51.7 Å². The third kappa shape index (κ3) is 4.30. The number of benzene rings is 7. The SMILES string of the molecule is CC1(c2ccccc2)Cc2c(c3c4ccccc4ccc3n2-c2ccc3nc(-c4ccccc4)c(-c4ccccc4)nc3c2)-c2ccccc21. The van der Waals surface area contributed by atoms with E-state index in [1.807, 2.05) is 12.1 Å². The smallest absolute Gasteiger partial charge is 0.0973 e. The maximum atomic E-state index is 5.37. The van der Waals surface area contributed by atoms with Crippen molar-refractivity contribution in [2.24, 2.45) is 0 Å². The predicted molar refractivity (Wildman–Crippen MR) is 207 cm³/mol. The molecule has 3 heteroatoms. The Labute approximate surface area is 291 Å². The van der Waals surface area contributed by atoms with Crippen LogP contribution in [0.25, 0.3) is 72.0 Å². The molecule has 0 bridgehead atoms. The minimum atomic E-state index is -0.214. The van der Waals surface area contributed by atoms with E-state index in [0.29, 0.717) is 0 Å². The van der Waals surface area contributed by atoms with Crippen molar-refractivity contribution in [1.82, 2.24) is 14.5 Å². The molecular weight excluding hydrogens is 607 g/mol. The number of rotatable bonds is 4. The highest BCUT2D eigenvalue weighted by Crippen LogP contribution is 2.52. The lowest BCUT2D eigenvalue weighted by atomic mass is 9.66. The van der Waals surface area contributed by atoms with E-state index < -0.39 is 0 Å². The van der Waals surface area contributed by atoms with Gasteiger partial charge in [-0.2, -0.15) is 0 Å². The van der Waals surface area contributed by atoms with Crippen molar-refractivity contribution in [3.8, 4) is 39.3 Å². The Morgan fingerprint density at radius 1 is 0.560 bits per heavy atom. The molecular formula is C47H33N3. The molecule has 3 nitrogen and oxygen atoms in total. The molecule has 0 spiro atoms. The van der Waals surface area contributed by atoms with E-state index in [4.69, 9.17) is 9.97 Å². The van der Waals surface area contributed by atoms with Crippen molar-refractivity contribution in [2.75, 3.05) is 0 Å². The van der Waals surface area contributed by atoms with Crippen LogP contribution in [-0.4, -0.2) is 14.5 Å². The van der Waals surface area contributed by atoms with E-state index in [-0.39, 0.29) is 5.41 Å². The van der Waals surface area contributed by atoms with Crippen LogP contribution in [0, 0.1) is 0 Å². The molecule has 10 rings (SSSR count). The number of hydrogen-bond acceptors (Lipinski definition) is 2. The van der Waals surface area contributed by atoms with E-state index in [1.54, 1.807) is 0 Å². The second-order valence-electron chi connectivity index (χ2n) is 13.6. The third-order valence-corrected chi connectivity index (χ3v) is 10.7. The van der Waals surface area contributed by atoms with Crippen LogP contribution in [0.5, 0.6) is 0 Å². The number of hydrogen-bond donors (Lipinski definition) is 0. The van der Waals surface area contributed by atoms with E-state index in [0.717, 1.165) is 45.7 Å². The van der Waals surface area contributed by atoms with Crippen LogP contribution >= 0.6 is 0 Å². The molecule has 0 saturated carbocycles. The molecule has 1 aliphatic rings. The van der Waals surface area contributed by atoms with Gasteiger partial charge >= 0.3 is 0 Å². The number of fused-ring (bicyclic) bond motifs is 8. The maximum absolute atomic E-state index is 5.37. The molecule has 2 aromatic heterocycles. The van der Waals surface area contributed by atoms with Gasteiger partial charge in [0.05, 0.1) is 27.9 Å². The van der Waals surface area contributed by atoms with Crippen molar-refractivity contribution in [1.29, 1.82) is 0 Å². The fraction of sp³-hybridized carbons (Fsp3) is 0.0638. The Kier molecular flexibility index (Phi) is 6.37. The lowest BCUT2D eigenvalue weighted by Crippen LogP contribution is -2.31. The Balaban J connectivity index is 1.27. The van der Waals surface area contributed by atoms with Crippen molar-refractivity contribution < 1.29 is 0 Å². The summed E-state index contributed by atoms with van der Waals surface area (Å²) in [5.41, 5.74) is 14.4. The first-order valence-corrected chi connectivity index (χ1v) is 17.3. The number of nitrogens with zero attached hydrogens (tertiary/aromatic N) is 3. The molecule has 0 fully saturated rings. The fourth-order valence-corrected chi connectivity index (χ4v) is 8.32. The Morgan fingerprint density at radius 3 is 1.92 bits per heavy atom. The second-order valence-corrected chi connectivity index (χ2v) is 13.6. The van der Waals surface area contributed by atoms with Gasteiger partial charge in [0.2, 0.25) is 0 Å². The molecule has 0 saturated heterocycles. The van der Waals surface area contributed by atoms with Gasteiger partial charge in [0, 0.05) is 45.3 Å². The topological polar surface area (TPSA) is 30.7 Å². The van der Waals surface area contributed by atoms with Gasteiger partial charge in [-0.3, -0.25) is 0 Å². The summed E-state index contributed by atoms with van der Waals surface area (Å²) < 4.78 is 2.50. The van der Waals surface area contributed by atoms with Crippen LogP contribution < -0.4 is 0 Å². The standard InChI is InChI=1S/C47H33N3/c1-47(34-20-9-4-10-21-34)30-42-44(37-23-13-14-24-38(37)47)43-36-22-12-11-15-31(36)25-28-41(43)50(42)35-26-27-39-40(29-35)49-46(33-18-7-3-8-19-33)45(48-39)32-16-5-2-6-17-32/h2-29H,30H2,1H3. The second kappa shape index (κ2) is 11.1. The van der Waals surface area contributed by atoms with Crippen LogP contribution in [0.2, 0.25) is 0 Å². The van der Waals surface area contributed by atoms with Crippen molar-refractivity contribution in [3.63, 3.8) is 0 Å². The first kappa shape index (κ1) is 28.7. The summed E-state index contributed by atoms with van der Waals surface area (Å²) in [7, 11) is 0. The highest BCUT2D eigenvalue weighted by molar-refractivity contribution is 6.16. The van der Waals surface area contributed by atoms with Crippen molar-refractivity contribution in [3.05, 3.63) is 187 Å². The lowest BCUT2D eigenvalue weighted by Gasteiger charge is -2.37. The summed E-state index contributed by atoms with van der Waals surface area (Å²) >= 11 is 0. The molecule has 1 unspecified atom stereocenters. The van der Waals surface area contributed by atoms with Gasteiger partial charge in [0.25, 0.3) is 0 Å². The minimum absolute atomic E-state index is 0.214. The van der Waals surface area contributed by atoms with Gasteiger partial charge < -0.3 is 4.57 Å². The van der Waals surface area contributed by atoms with Gasteiger partial charge in [-0.25, -0.2) is 9.97 Å². The molecule has 0 aliphatic heterocycles. The average Bonchev–Trinajstić information content (AvgIpc) is 3.52. The van der Waals surface area contributed by atoms with E-state index in [1.165, 1.54) is 49.6 Å². The Morgan fingerprint density at radius 2 is 1.18 bits per heavy atom. The van der Waals surface area contributed by atoms with Crippen LogP contribution in [0.15, 0.2) is 170 Å². The average molecular weight is 640 g/mol. The molecule has 236 valence electrons. The van der Waals surface area contributed by atoms with Crippen molar-refractivity contribution >= 4 is 32.7 Å². The molecule has 7 aromatic carbocycles. The molecule has 0 radical (unpaired) electrons. The lowest BCUT2D eigenvalue weighted by molar-refractivity contribution is 0.549. The monoisotopic (exact) mass is 639 g/mol. The van der Waals surface area contributed by atoms with E-state index in [2.05, 4.69) is 169 Å². The van der Waals surface area contributed by atoms with Crippen LogP contribution in [-0.2, 0) is 11.8 Å². The molecule has 2 heterocycles. The molecule has 50 heavy (non-hydrogen) atoms. The van der Waals surface area contributed by atoms with Crippen LogP contribution in [0.3, 0.4) is 0 Å². The normalized spacial score (nSPS) is 15.3. The highest BCUT2D eigenvalue weighted by Gasteiger charge is 2.39. The first-order chi connectivity index (χ1) is 24.7. The molecule has 1 aliphatic carbocycles. The van der Waals surface area contributed by atoms with Gasteiger partial charge in [0.15, 0.2) is 0 Å². The summed E-state index contributed by atoms with van der Waals surface area (Å²) in [5, 5.41) is 3.83. The van der Waals surface area contributed by atoms with Crippen LogP contribution in [0.4, 0.5) is 0 Å². The zero-order chi connectivity index (χ0) is 33.2. The summed E-state index contributed by atoms with van der Waals surface area (Å²) in [6.45, 7) is 2.41. The summed E-state index contributed by atoms with van der Waals surface area (Å²) in [6, 6.07) is 60.8. The van der Waals surface area contributed by atoms with Crippen molar-refractivity contribution in [2.45, 2.75) is 18.8 Å². The third-order valence-electron chi connectivity index (χ3n) is 10.7. The van der Waals surface area contributed by atoms with Crippen LogP contribution in [0.1, 0.15) is 23.7 Å².